The number of carbonyl (C=O) groups excluding carboxylic acids is 1. The molecular formula is C31H24FN5O4. The fraction of sp³-hybridized carbons (Fsp3) is 0.0323. The van der Waals surface area contributed by atoms with E-state index in [4.69, 9.17) is 14.9 Å². The Bertz CT molecular complexity index is 1800. The van der Waals surface area contributed by atoms with Gasteiger partial charge in [-0.15, -0.1) is 0 Å². The molecule has 0 aliphatic rings. The van der Waals surface area contributed by atoms with Gasteiger partial charge in [-0.05, 0) is 54.1 Å². The van der Waals surface area contributed by atoms with Crippen molar-refractivity contribution in [3.05, 3.63) is 131 Å². The van der Waals surface area contributed by atoms with Crippen LogP contribution in [0.5, 0.6) is 11.5 Å². The van der Waals surface area contributed by atoms with E-state index < -0.39 is 17.3 Å². The molecule has 3 heterocycles. The van der Waals surface area contributed by atoms with E-state index in [2.05, 4.69) is 15.3 Å². The van der Waals surface area contributed by atoms with Crippen LogP contribution in [0.1, 0.15) is 16.1 Å². The van der Waals surface area contributed by atoms with E-state index in [0.29, 0.717) is 11.4 Å². The predicted octanol–water partition coefficient (Wildman–Crippen LogP) is 5.70. The number of carbonyl (C=O) groups is 1. The maximum atomic E-state index is 15.2. The van der Waals surface area contributed by atoms with Gasteiger partial charge in [0.2, 0.25) is 0 Å². The summed E-state index contributed by atoms with van der Waals surface area (Å²) in [5.41, 5.74) is 2.04. The van der Waals surface area contributed by atoms with E-state index in [0.717, 1.165) is 23.4 Å². The number of rotatable bonds is 9. The highest BCUT2D eigenvalue weighted by molar-refractivity contribution is 6.06. The van der Waals surface area contributed by atoms with Gasteiger partial charge in [-0.1, -0.05) is 18.2 Å². The third-order valence-electron chi connectivity index (χ3n) is 6.16. The van der Waals surface area contributed by atoms with Crippen LogP contribution in [0.3, 0.4) is 0 Å². The van der Waals surface area contributed by atoms with Crippen LogP contribution in [-0.2, 0) is 0 Å². The predicted molar refractivity (Wildman–Crippen MR) is 154 cm³/mol. The highest BCUT2D eigenvalue weighted by Crippen LogP contribution is 2.31. The number of para-hydroxylation sites is 1. The molecule has 0 bridgehead atoms. The van der Waals surface area contributed by atoms with Gasteiger partial charge in [0.15, 0.2) is 17.3 Å². The van der Waals surface area contributed by atoms with Gasteiger partial charge < -0.3 is 25.2 Å². The Labute approximate surface area is 234 Å². The number of H-pyrrole nitrogens is 1. The Kier molecular flexibility index (Phi) is 7.82. The molecule has 0 atom stereocenters. The highest BCUT2D eigenvalue weighted by atomic mass is 19.1. The quantitative estimate of drug-likeness (QED) is 0.161. The fourth-order valence-electron chi connectivity index (χ4n) is 4.25. The van der Waals surface area contributed by atoms with E-state index in [1.165, 1.54) is 42.1 Å². The van der Waals surface area contributed by atoms with Gasteiger partial charge in [0, 0.05) is 60.1 Å². The maximum Gasteiger partial charge on any atom is 0.271 e. The van der Waals surface area contributed by atoms with Gasteiger partial charge in [0.05, 0.1) is 12.8 Å². The molecule has 0 aliphatic heterocycles. The van der Waals surface area contributed by atoms with Crippen molar-refractivity contribution in [3.63, 3.8) is 0 Å². The van der Waals surface area contributed by atoms with Crippen LogP contribution >= 0.6 is 0 Å². The lowest BCUT2D eigenvalue weighted by Gasteiger charge is -2.14. The van der Waals surface area contributed by atoms with Crippen molar-refractivity contribution in [1.29, 1.82) is 5.41 Å². The fourth-order valence-corrected chi connectivity index (χ4v) is 4.25. The van der Waals surface area contributed by atoms with E-state index >= 15 is 4.39 Å². The number of nitrogens with zero attached hydrogens (tertiary/aromatic N) is 2. The van der Waals surface area contributed by atoms with Gasteiger partial charge in [0.1, 0.15) is 11.3 Å². The first kappa shape index (κ1) is 26.8. The molecule has 0 unspecified atom stereocenters. The van der Waals surface area contributed by atoms with Crippen LogP contribution < -0.4 is 20.3 Å². The zero-order valence-corrected chi connectivity index (χ0v) is 21.8. The molecule has 5 rings (SSSR count). The van der Waals surface area contributed by atoms with Crippen molar-refractivity contribution in [2.24, 2.45) is 0 Å². The monoisotopic (exact) mass is 549 g/mol. The molecule has 2 aromatic carbocycles. The van der Waals surface area contributed by atoms with Crippen LogP contribution in [0.15, 0.2) is 108 Å². The van der Waals surface area contributed by atoms with Crippen molar-refractivity contribution in [2.75, 3.05) is 12.4 Å². The third-order valence-corrected chi connectivity index (χ3v) is 6.16. The number of nitrogens with one attached hydrogen (secondary N) is 3. The maximum absolute atomic E-state index is 15.2. The molecule has 3 aromatic heterocycles. The second-order valence-electron chi connectivity index (χ2n) is 8.67. The molecule has 0 saturated heterocycles. The summed E-state index contributed by atoms with van der Waals surface area (Å²) >= 11 is 0. The number of anilines is 1. The lowest BCUT2D eigenvalue weighted by atomic mass is 10.1. The molecule has 41 heavy (non-hydrogen) atoms. The summed E-state index contributed by atoms with van der Waals surface area (Å²) in [6.07, 6.45) is 8.97. The summed E-state index contributed by atoms with van der Waals surface area (Å²) in [4.78, 5) is 33.5. The second-order valence-corrected chi connectivity index (χ2v) is 8.67. The smallest absolute Gasteiger partial charge is 0.271 e. The molecule has 0 radical (unpaired) electrons. The minimum absolute atomic E-state index is 0.0810. The van der Waals surface area contributed by atoms with E-state index in [9.17, 15) is 9.59 Å². The number of hydrogen-bond acceptors (Lipinski definition) is 6. The first-order valence-corrected chi connectivity index (χ1v) is 12.4. The lowest BCUT2D eigenvalue weighted by molar-refractivity contribution is 0.102. The summed E-state index contributed by atoms with van der Waals surface area (Å²) in [6.45, 7) is 0. The molecule has 0 saturated carbocycles. The van der Waals surface area contributed by atoms with Gasteiger partial charge in [-0.2, -0.15) is 0 Å². The third kappa shape index (κ3) is 5.66. The number of benzene rings is 2. The number of aromatic nitrogens is 3. The molecule has 0 aliphatic carbocycles. The average Bonchev–Trinajstić information content (AvgIpc) is 3.49. The van der Waals surface area contributed by atoms with Crippen molar-refractivity contribution in [3.8, 4) is 28.3 Å². The van der Waals surface area contributed by atoms with E-state index in [1.54, 1.807) is 42.9 Å². The number of methoxy groups -OCH3 is 1. The number of amides is 1. The van der Waals surface area contributed by atoms with Crippen molar-refractivity contribution in [1.82, 2.24) is 14.5 Å². The molecule has 9 nitrogen and oxygen atoms in total. The van der Waals surface area contributed by atoms with Gasteiger partial charge in [-0.3, -0.25) is 19.1 Å². The van der Waals surface area contributed by atoms with Crippen LogP contribution in [0.2, 0.25) is 0 Å². The SMILES string of the molecule is COc1ccn(-c2ccccc2)c(=O)c1C(=O)Nc1ccc(O/C(=C/C=N)c2[nH]ccc2-c2ccncc2)c(F)c1. The number of pyridine rings is 2. The number of allylic oxidation sites excluding steroid dienone is 1. The van der Waals surface area contributed by atoms with Gasteiger partial charge in [0.25, 0.3) is 11.5 Å². The lowest BCUT2D eigenvalue weighted by Crippen LogP contribution is -2.28. The Hall–Kier alpha value is -5.77. The molecule has 1 amide bonds. The zero-order valence-electron chi connectivity index (χ0n) is 21.8. The molecule has 0 spiro atoms. The Morgan fingerprint density at radius 3 is 2.54 bits per heavy atom. The van der Waals surface area contributed by atoms with Gasteiger partial charge >= 0.3 is 0 Å². The van der Waals surface area contributed by atoms with Crippen molar-refractivity contribution >= 4 is 23.6 Å². The number of aromatic amines is 1. The Morgan fingerprint density at radius 2 is 1.83 bits per heavy atom. The van der Waals surface area contributed by atoms with Crippen molar-refractivity contribution in [2.45, 2.75) is 0 Å². The first-order valence-electron chi connectivity index (χ1n) is 12.4. The molecule has 204 valence electrons. The minimum atomic E-state index is -0.766. The summed E-state index contributed by atoms with van der Waals surface area (Å²) < 4.78 is 27.7. The summed E-state index contributed by atoms with van der Waals surface area (Å²) in [7, 11) is 1.36. The summed E-state index contributed by atoms with van der Waals surface area (Å²) in [5, 5.41) is 10.1. The van der Waals surface area contributed by atoms with Gasteiger partial charge in [-0.25, -0.2) is 4.39 Å². The minimum Gasteiger partial charge on any atom is -0.496 e. The summed E-state index contributed by atoms with van der Waals surface area (Å²) in [6, 6.07) is 19.7. The molecular weight excluding hydrogens is 525 g/mol. The number of ether oxygens (including phenoxy) is 2. The topological polar surface area (TPSA) is 122 Å². The molecule has 5 aromatic rings. The molecule has 3 N–H and O–H groups in total. The Balaban J connectivity index is 1.40. The van der Waals surface area contributed by atoms with Crippen molar-refractivity contribution < 1.29 is 18.7 Å². The Morgan fingerprint density at radius 1 is 1.05 bits per heavy atom. The average molecular weight is 550 g/mol. The number of halogens is 1. The zero-order chi connectivity index (χ0) is 28.8. The van der Waals surface area contributed by atoms with E-state index in [-0.39, 0.29) is 28.5 Å². The van der Waals surface area contributed by atoms with Crippen LogP contribution in [-0.4, -0.2) is 33.8 Å². The largest absolute Gasteiger partial charge is 0.496 e. The summed E-state index contributed by atoms with van der Waals surface area (Å²) in [5.74, 6) is -1.36. The molecule has 10 heteroatoms. The van der Waals surface area contributed by atoms with E-state index in [1.807, 2.05) is 24.3 Å². The first-order chi connectivity index (χ1) is 20.0. The standard InChI is InChI=1S/C31H24FN5O4/c1-40-26-13-18-37(22-5-3-2-4-6-22)31(39)28(26)30(38)36-21-7-8-25(24(32)19-21)41-27(9-14-33)29-23(12-17-35-29)20-10-15-34-16-11-20/h2-19,33,35H,1H3,(H,36,38)/b27-9+,33-14?. The van der Waals surface area contributed by atoms with Crippen LogP contribution in [0.25, 0.3) is 22.6 Å². The van der Waals surface area contributed by atoms with Crippen LogP contribution in [0.4, 0.5) is 10.1 Å². The highest BCUT2D eigenvalue weighted by Gasteiger charge is 2.21. The molecule has 0 fully saturated rings. The number of hydrogen-bond donors (Lipinski definition) is 3. The normalized spacial score (nSPS) is 11.1. The van der Waals surface area contributed by atoms with Crippen LogP contribution in [0, 0.1) is 11.2 Å². The second kappa shape index (κ2) is 12.0.